The molecule has 0 aromatic carbocycles. The molecule has 1 heterocycles. The van der Waals surface area contributed by atoms with Gasteiger partial charge in [0.25, 0.3) is 0 Å². The molecule has 116 valence electrons. The third-order valence-corrected chi connectivity index (χ3v) is 3.64. The second kappa shape index (κ2) is 8.92. The van der Waals surface area contributed by atoms with Gasteiger partial charge in [-0.3, -0.25) is 9.59 Å². The summed E-state index contributed by atoms with van der Waals surface area (Å²) < 4.78 is 4.83. The Hall–Kier alpha value is -1.14. The van der Waals surface area contributed by atoms with Gasteiger partial charge in [0.1, 0.15) is 0 Å². The first-order valence-electron chi connectivity index (χ1n) is 7.33. The van der Waals surface area contributed by atoms with Crippen molar-refractivity contribution in [1.82, 2.24) is 9.80 Å². The lowest BCUT2D eigenvalue weighted by molar-refractivity contribution is -0.146. The molecule has 1 aliphatic heterocycles. The number of aliphatic hydroxyl groups excluding tert-OH is 1. The molecule has 1 amide bonds. The predicted molar refractivity (Wildman–Crippen MR) is 75.2 cm³/mol. The molecule has 0 spiro atoms. The van der Waals surface area contributed by atoms with E-state index in [1.807, 2.05) is 0 Å². The lowest BCUT2D eigenvalue weighted by Crippen LogP contribution is -2.47. The summed E-state index contributed by atoms with van der Waals surface area (Å²) in [5.74, 6) is -0.408. The van der Waals surface area contributed by atoms with Gasteiger partial charge in [0.05, 0.1) is 19.6 Å². The van der Waals surface area contributed by atoms with Crippen LogP contribution in [0, 0.1) is 0 Å². The van der Waals surface area contributed by atoms with E-state index in [1.54, 1.807) is 11.8 Å². The second-order valence-electron chi connectivity index (χ2n) is 5.15. The van der Waals surface area contributed by atoms with Crippen LogP contribution in [0.2, 0.25) is 0 Å². The Labute approximate surface area is 120 Å². The first kappa shape index (κ1) is 16.9. The number of nitrogens with zero attached hydrogens (tertiary/aromatic N) is 2. The number of amides is 1. The molecule has 6 heteroatoms. The highest BCUT2D eigenvalue weighted by Crippen LogP contribution is 2.17. The van der Waals surface area contributed by atoms with E-state index in [0.717, 1.165) is 25.9 Å². The fourth-order valence-electron chi connectivity index (χ4n) is 2.51. The lowest BCUT2D eigenvalue weighted by Gasteiger charge is -2.37. The molecule has 0 aromatic rings. The van der Waals surface area contributed by atoms with Crippen molar-refractivity contribution >= 4 is 11.9 Å². The van der Waals surface area contributed by atoms with Gasteiger partial charge >= 0.3 is 5.97 Å². The van der Waals surface area contributed by atoms with Gasteiger partial charge in [-0.05, 0) is 39.9 Å². The zero-order valence-electron chi connectivity index (χ0n) is 12.5. The maximum absolute atomic E-state index is 12.2. The van der Waals surface area contributed by atoms with E-state index < -0.39 is 0 Å². The largest absolute Gasteiger partial charge is 0.466 e. The molecule has 0 aromatic heterocycles. The summed E-state index contributed by atoms with van der Waals surface area (Å²) in [7, 11) is 2.06. The molecule has 1 aliphatic rings. The number of likely N-dealkylation sites (tertiary alicyclic amines) is 1. The highest BCUT2D eigenvalue weighted by molar-refractivity contribution is 5.81. The summed E-state index contributed by atoms with van der Waals surface area (Å²) in [4.78, 5) is 27.5. The van der Waals surface area contributed by atoms with Crippen LogP contribution in [0.5, 0.6) is 0 Å². The predicted octanol–water partition coefficient (Wildman–Crippen LogP) is 0.245. The highest BCUT2D eigenvalue weighted by atomic mass is 16.5. The summed E-state index contributed by atoms with van der Waals surface area (Å²) in [5.41, 5.74) is 0. The molecule has 1 saturated heterocycles. The van der Waals surface area contributed by atoms with E-state index in [2.05, 4.69) is 11.9 Å². The lowest BCUT2D eigenvalue weighted by atomic mass is 10.0. The minimum Gasteiger partial charge on any atom is -0.466 e. The van der Waals surface area contributed by atoms with Gasteiger partial charge in [0.15, 0.2) is 0 Å². The Kier molecular flexibility index (Phi) is 7.54. The molecule has 20 heavy (non-hydrogen) atoms. The fraction of sp³-hybridized carbons (Fsp3) is 0.857. The van der Waals surface area contributed by atoms with Crippen LogP contribution in [0.25, 0.3) is 0 Å². The number of carbonyl (C=O) groups excluding carboxylic acids is 2. The Morgan fingerprint density at radius 2 is 1.95 bits per heavy atom. The Bertz CT molecular complexity index is 314. The molecule has 1 rings (SSSR count). The smallest absolute Gasteiger partial charge is 0.306 e. The molecule has 0 aliphatic carbocycles. The Morgan fingerprint density at radius 3 is 2.50 bits per heavy atom. The van der Waals surface area contributed by atoms with Crippen LogP contribution in [0.4, 0.5) is 0 Å². The van der Waals surface area contributed by atoms with Gasteiger partial charge in [0, 0.05) is 19.0 Å². The van der Waals surface area contributed by atoms with E-state index in [-0.39, 0.29) is 37.4 Å². The molecule has 0 atom stereocenters. The number of esters is 1. The van der Waals surface area contributed by atoms with Crippen LogP contribution >= 0.6 is 0 Å². The Balaban J connectivity index is 2.47. The third-order valence-electron chi connectivity index (χ3n) is 3.64. The van der Waals surface area contributed by atoms with E-state index in [9.17, 15) is 9.59 Å². The molecule has 1 fully saturated rings. The van der Waals surface area contributed by atoms with Gasteiger partial charge in [-0.15, -0.1) is 0 Å². The average molecular weight is 286 g/mol. The average Bonchev–Trinajstić information content (AvgIpc) is 2.44. The van der Waals surface area contributed by atoms with Crippen molar-refractivity contribution in [3.8, 4) is 0 Å². The Morgan fingerprint density at radius 1 is 1.30 bits per heavy atom. The minimum absolute atomic E-state index is 0.0442. The first-order valence-corrected chi connectivity index (χ1v) is 7.33. The second-order valence-corrected chi connectivity index (χ2v) is 5.15. The summed E-state index contributed by atoms with van der Waals surface area (Å²) in [5, 5.41) is 9.13. The van der Waals surface area contributed by atoms with Crippen LogP contribution in [0.15, 0.2) is 0 Å². The van der Waals surface area contributed by atoms with Crippen molar-refractivity contribution in [2.24, 2.45) is 0 Å². The van der Waals surface area contributed by atoms with Crippen LogP contribution < -0.4 is 0 Å². The van der Waals surface area contributed by atoms with Crippen LogP contribution in [0.1, 0.15) is 32.6 Å². The SMILES string of the molecule is CCOC(=O)CCC(=O)N(CCO)C1CCN(C)CC1. The third kappa shape index (κ3) is 5.46. The summed E-state index contributed by atoms with van der Waals surface area (Å²) in [6, 6.07) is 0.174. The van der Waals surface area contributed by atoms with Crippen molar-refractivity contribution < 1.29 is 19.4 Å². The first-order chi connectivity index (χ1) is 9.58. The van der Waals surface area contributed by atoms with Crippen molar-refractivity contribution in [3.63, 3.8) is 0 Å². The number of ether oxygens (including phenoxy) is 1. The summed E-state index contributed by atoms with van der Waals surface area (Å²) in [6.07, 6.45) is 2.11. The number of aliphatic hydroxyl groups is 1. The van der Waals surface area contributed by atoms with Crippen LogP contribution in [-0.2, 0) is 14.3 Å². The normalized spacial score (nSPS) is 16.9. The maximum atomic E-state index is 12.2. The van der Waals surface area contributed by atoms with E-state index in [4.69, 9.17) is 9.84 Å². The molecule has 0 saturated carbocycles. The molecule has 0 radical (unpaired) electrons. The van der Waals surface area contributed by atoms with Crippen molar-refractivity contribution in [1.29, 1.82) is 0 Å². The van der Waals surface area contributed by atoms with E-state index in [1.165, 1.54) is 0 Å². The molecular formula is C14H26N2O4. The number of piperidine rings is 1. The standard InChI is InChI=1S/C14H26N2O4/c1-3-20-14(19)5-4-13(18)16(10-11-17)12-6-8-15(2)9-7-12/h12,17H,3-11H2,1-2H3. The highest BCUT2D eigenvalue weighted by Gasteiger charge is 2.26. The quantitative estimate of drug-likeness (QED) is 0.679. The van der Waals surface area contributed by atoms with Gasteiger partial charge in [0.2, 0.25) is 5.91 Å². The van der Waals surface area contributed by atoms with E-state index in [0.29, 0.717) is 13.2 Å². The van der Waals surface area contributed by atoms with E-state index >= 15 is 0 Å². The molecule has 6 nitrogen and oxygen atoms in total. The molecule has 1 N–H and O–H groups in total. The number of hydrogen-bond donors (Lipinski definition) is 1. The van der Waals surface area contributed by atoms with Crippen molar-refractivity contribution in [2.45, 2.75) is 38.6 Å². The molecule has 0 unspecified atom stereocenters. The minimum atomic E-state index is -0.340. The zero-order chi connectivity index (χ0) is 15.0. The summed E-state index contributed by atoms with van der Waals surface area (Å²) >= 11 is 0. The van der Waals surface area contributed by atoms with Gasteiger partial charge in [-0.25, -0.2) is 0 Å². The number of rotatable bonds is 7. The number of hydrogen-bond acceptors (Lipinski definition) is 5. The van der Waals surface area contributed by atoms with Gasteiger partial charge in [-0.1, -0.05) is 0 Å². The monoisotopic (exact) mass is 286 g/mol. The summed E-state index contributed by atoms with van der Waals surface area (Å²) in [6.45, 7) is 4.29. The molecule has 0 bridgehead atoms. The zero-order valence-corrected chi connectivity index (χ0v) is 12.5. The fourth-order valence-corrected chi connectivity index (χ4v) is 2.51. The van der Waals surface area contributed by atoms with Crippen molar-refractivity contribution in [2.75, 3.05) is 39.9 Å². The number of carbonyl (C=O) groups is 2. The van der Waals surface area contributed by atoms with Gasteiger partial charge in [-0.2, -0.15) is 0 Å². The van der Waals surface area contributed by atoms with Crippen LogP contribution in [0.3, 0.4) is 0 Å². The van der Waals surface area contributed by atoms with Crippen LogP contribution in [-0.4, -0.2) is 72.7 Å². The van der Waals surface area contributed by atoms with Crippen molar-refractivity contribution in [3.05, 3.63) is 0 Å². The maximum Gasteiger partial charge on any atom is 0.306 e. The topological polar surface area (TPSA) is 70.1 Å². The molecular weight excluding hydrogens is 260 g/mol. The van der Waals surface area contributed by atoms with Gasteiger partial charge < -0.3 is 19.6 Å².